The lowest BCUT2D eigenvalue weighted by Crippen LogP contribution is -2.46. The summed E-state index contributed by atoms with van der Waals surface area (Å²) in [6, 6.07) is 16.1. The summed E-state index contributed by atoms with van der Waals surface area (Å²) in [7, 11) is 0. The van der Waals surface area contributed by atoms with Gasteiger partial charge in [0.05, 0.1) is 5.75 Å². The number of nitrogens with one attached hydrogen (secondary N) is 1. The third kappa shape index (κ3) is 3.40. The van der Waals surface area contributed by atoms with E-state index in [1.54, 1.807) is 0 Å². The van der Waals surface area contributed by atoms with Crippen molar-refractivity contribution in [1.82, 2.24) is 5.32 Å². The molecule has 1 saturated heterocycles. The van der Waals surface area contributed by atoms with E-state index in [9.17, 15) is 4.21 Å². The highest BCUT2D eigenvalue weighted by Crippen LogP contribution is 2.42. The van der Waals surface area contributed by atoms with Crippen molar-refractivity contribution in [3.05, 3.63) is 71.3 Å². The second-order valence-electron chi connectivity index (χ2n) is 6.63. The monoisotopic (exact) mass is 355 g/mol. The summed E-state index contributed by atoms with van der Waals surface area (Å²) in [5, 5.41) is 3.40. The van der Waals surface area contributed by atoms with E-state index in [4.69, 9.17) is 9.29 Å². The van der Waals surface area contributed by atoms with E-state index < -0.39 is 11.1 Å². The second kappa shape index (κ2) is 6.75. The third-order valence-electron chi connectivity index (χ3n) is 4.90. The zero-order valence-electron chi connectivity index (χ0n) is 13.9. The molecular weight excluding hydrogens is 334 g/mol. The first-order valence-electron chi connectivity index (χ1n) is 8.54. The lowest BCUT2D eigenvalue weighted by molar-refractivity contribution is 0.0817. The Kier molecular flexibility index (Phi) is 4.46. The summed E-state index contributed by atoms with van der Waals surface area (Å²) in [6.45, 7) is 1.90. The van der Waals surface area contributed by atoms with E-state index in [-0.39, 0.29) is 11.4 Å². The number of rotatable bonds is 3. The average Bonchev–Trinajstić information content (AvgIpc) is 2.62. The first-order valence-corrected chi connectivity index (χ1v) is 9.82. The van der Waals surface area contributed by atoms with Crippen molar-refractivity contribution < 1.29 is 13.5 Å². The number of ether oxygens (including phenoxy) is 1. The summed E-state index contributed by atoms with van der Waals surface area (Å²) in [4.78, 5) is 0. The lowest BCUT2D eigenvalue weighted by Gasteiger charge is -2.40. The molecule has 0 radical (unpaired) electrons. The Morgan fingerprint density at radius 2 is 1.80 bits per heavy atom. The molecule has 4 rings (SSSR count). The van der Waals surface area contributed by atoms with Gasteiger partial charge in [-0.1, -0.05) is 42.5 Å². The second-order valence-corrected chi connectivity index (χ2v) is 7.57. The minimum atomic E-state index is -1.81. The van der Waals surface area contributed by atoms with E-state index in [2.05, 4.69) is 17.5 Å². The van der Waals surface area contributed by atoms with Crippen LogP contribution in [0.3, 0.4) is 0 Å². The molecule has 4 nitrogen and oxygen atoms in total. The average molecular weight is 355 g/mol. The molecule has 5 heteroatoms. The molecule has 2 N–H and O–H groups in total. The maximum absolute atomic E-state index is 11.0. The molecule has 2 aliphatic rings. The lowest BCUT2D eigenvalue weighted by atomic mass is 9.83. The number of hydrogen-bond acceptors (Lipinski definition) is 3. The highest BCUT2D eigenvalue weighted by atomic mass is 32.2. The van der Waals surface area contributed by atoms with Crippen LogP contribution in [0.2, 0.25) is 0 Å². The minimum absolute atomic E-state index is 0.161. The number of hydrogen-bond donors (Lipinski definition) is 2. The van der Waals surface area contributed by atoms with Crippen LogP contribution in [0.5, 0.6) is 5.75 Å². The van der Waals surface area contributed by atoms with E-state index >= 15 is 0 Å². The van der Waals surface area contributed by atoms with Crippen LogP contribution in [-0.4, -0.2) is 27.5 Å². The van der Waals surface area contributed by atoms with Gasteiger partial charge in [-0.3, -0.25) is 0 Å². The normalized spacial score (nSPS) is 19.6. The number of para-hydroxylation sites is 1. The minimum Gasteiger partial charge on any atom is -0.482 e. The van der Waals surface area contributed by atoms with E-state index in [1.807, 2.05) is 42.5 Å². The molecule has 1 spiro atoms. The molecule has 1 unspecified atom stereocenters. The van der Waals surface area contributed by atoms with Gasteiger partial charge in [-0.05, 0) is 41.9 Å². The van der Waals surface area contributed by atoms with Gasteiger partial charge in [-0.15, -0.1) is 0 Å². The van der Waals surface area contributed by atoms with E-state index in [0.29, 0.717) is 0 Å². The molecule has 0 aromatic heterocycles. The Balaban J connectivity index is 1.75. The summed E-state index contributed by atoms with van der Waals surface area (Å²) < 4.78 is 26.5. The fourth-order valence-electron chi connectivity index (χ4n) is 3.63. The van der Waals surface area contributed by atoms with Crippen molar-refractivity contribution in [2.24, 2.45) is 0 Å². The molecule has 25 heavy (non-hydrogen) atoms. The molecular formula is C20H21NO3S. The summed E-state index contributed by atoms with van der Waals surface area (Å²) in [6.07, 6.45) is 4.17. The molecule has 2 aromatic carbocycles. The fraction of sp³-hybridized carbons (Fsp3) is 0.300. The molecule has 0 bridgehead atoms. The summed E-state index contributed by atoms with van der Waals surface area (Å²) in [5.74, 6) is 1.09. The van der Waals surface area contributed by atoms with Gasteiger partial charge < -0.3 is 14.6 Å². The molecule has 2 aromatic rings. The largest absolute Gasteiger partial charge is 0.482 e. The van der Waals surface area contributed by atoms with Gasteiger partial charge >= 0.3 is 0 Å². The number of piperidine rings is 1. The van der Waals surface area contributed by atoms with Crippen molar-refractivity contribution in [1.29, 1.82) is 0 Å². The van der Waals surface area contributed by atoms with Crippen molar-refractivity contribution >= 4 is 16.7 Å². The van der Waals surface area contributed by atoms with Crippen LogP contribution in [0, 0.1) is 0 Å². The number of fused-ring (bicyclic) bond motifs is 1. The SMILES string of the molecule is O=S(O)Cc1ccc(C2=CC3(CCNCC3)Oc3ccccc32)cc1. The zero-order chi connectivity index (χ0) is 17.3. The van der Waals surface area contributed by atoms with Crippen LogP contribution >= 0.6 is 0 Å². The highest BCUT2D eigenvalue weighted by molar-refractivity contribution is 7.78. The summed E-state index contributed by atoms with van der Waals surface area (Å²) >= 11 is -1.81. The van der Waals surface area contributed by atoms with Crippen LogP contribution in [0.1, 0.15) is 29.5 Å². The van der Waals surface area contributed by atoms with Gasteiger partial charge in [0, 0.05) is 18.4 Å². The van der Waals surface area contributed by atoms with Crippen molar-refractivity contribution in [2.75, 3.05) is 13.1 Å². The molecule has 1 fully saturated rings. The zero-order valence-corrected chi connectivity index (χ0v) is 14.7. The van der Waals surface area contributed by atoms with Crippen LogP contribution in [0.4, 0.5) is 0 Å². The van der Waals surface area contributed by atoms with Gasteiger partial charge in [0.25, 0.3) is 0 Å². The van der Waals surface area contributed by atoms with Gasteiger partial charge in [0.15, 0.2) is 11.1 Å². The molecule has 0 aliphatic carbocycles. The van der Waals surface area contributed by atoms with Crippen molar-refractivity contribution in [3.63, 3.8) is 0 Å². The predicted molar refractivity (Wildman–Crippen MR) is 99.9 cm³/mol. The Morgan fingerprint density at radius 1 is 1.08 bits per heavy atom. The van der Waals surface area contributed by atoms with E-state index in [0.717, 1.165) is 48.4 Å². The van der Waals surface area contributed by atoms with Gasteiger partial charge in [-0.25, -0.2) is 4.21 Å². The Morgan fingerprint density at radius 3 is 2.52 bits per heavy atom. The maximum Gasteiger partial charge on any atom is 0.157 e. The summed E-state index contributed by atoms with van der Waals surface area (Å²) in [5.41, 5.74) is 4.01. The molecule has 2 heterocycles. The topological polar surface area (TPSA) is 58.6 Å². The molecule has 2 aliphatic heterocycles. The molecule has 0 amide bonds. The van der Waals surface area contributed by atoms with Gasteiger partial charge in [0.2, 0.25) is 0 Å². The first kappa shape index (κ1) is 16.5. The third-order valence-corrected chi connectivity index (χ3v) is 5.48. The van der Waals surface area contributed by atoms with Gasteiger partial charge in [-0.2, -0.15) is 0 Å². The Labute approximate surface area is 150 Å². The Bertz CT molecular complexity index is 823. The molecule has 1 atom stereocenters. The number of benzene rings is 2. The quantitative estimate of drug-likeness (QED) is 0.829. The highest BCUT2D eigenvalue weighted by Gasteiger charge is 2.36. The fourth-order valence-corrected chi connectivity index (χ4v) is 4.10. The first-order chi connectivity index (χ1) is 12.2. The van der Waals surface area contributed by atoms with Crippen LogP contribution < -0.4 is 10.1 Å². The molecule has 130 valence electrons. The van der Waals surface area contributed by atoms with Crippen LogP contribution in [-0.2, 0) is 16.8 Å². The predicted octanol–water partition coefficient (Wildman–Crippen LogP) is 3.35. The smallest absolute Gasteiger partial charge is 0.157 e. The maximum atomic E-state index is 11.0. The molecule has 0 saturated carbocycles. The van der Waals surface area contributed by atoms with E-state index in [1.165, 1.54) is 5.57 Å². The van der Waals surface area contributed by atoms with Crippen LogP contribution in [0.25, 0.3) is 5.57 Å². The van der Waals surface area contributed by atoms with Crippen LogP contribution in [0.15, 0.2) is 54.6 Å². The van der Waals surface area contributed by atoms with Gasteiger partial charge in [0.1, 0.15) is 11.4 Å². The standard InChI is InChI=1S/C20H21NO3S/c22-25(23)14-15-5-7-16(8-6-15)18-13-20(9-11-21-12-10-20)24-19-4-2-1-3-17(18)19/h1-8,13,21H,9-12,14H2,(H,22,23). The van der Waals surface area contributed by atoms with Crippen molar-refractivity contribution in [3.8, 4) is 5.75 Å². The van der Waals surface area contributed by atoms with Crippen molar-refractivity contribution in [2.45, 2.75) is 24.2 Å². The Hall–Kier alpha value is -1.95.